The Morgan fingerprint density at radius 1 is 1.50 bits per heavy atom. The molecule has 12 heavy (non-hydrogen) atoms. The summed E-state index contributed by atoms with van der Waals surface area (Å²) < 4.78 is 24.8. The molecule has 5 heteroatoms. The Morgan fingerprint density at radius 2 is 2.08 bits per heavy atom. The van der Waals surface area contributed by atoms with E-state index in [1.54, 1.807) is 11.8 Å². The van der Waals surface area contributed by atoms with Gasteiger partial charge in [0.1, 0.15) is 0 Å². The molecule has 0 fully saturated rings. The Morgan fingerprint density at radius 3 is 2.50 bits per heavy atom. The lowest BCUT2D eigenvalue weighted by Gasteiger charge is -2.09. The standard InChI is InChI=1S/C7H17NO2S2/c1-4-5-12(9,10)8-6-7(2)11-3/h7-8H,4-6H2,1-3H3. The quantitative estimate of drug-likeness (QED) is 0.715. The van der Waals surface area contributed by atoms with Crippen LogP contribution >= 0.6 is 11.8 Å². The molecule has 0 radical (unpaired) electrons. The molecule has 0 rings (SSSR count). The van der Waals surface area contributed by atoms with E-state index in [4.69, 9.17) is 0 Å². The zero-order valence-corrected chi connectivity index (χ0v) is 9.46. The van der Waals surface area contributed by atoms with Crippen molar-refractivity contribution in [3.63, 3.8) is 0 Å². The van der Waals surface area contributed by atoms with Crippen LogP contribution in [-0.4, -0.2) is 32.2 Å². The fraction of sp³-hybridized carbons (Fsp3) is 1.00. The highest BCUT2D eigenvalue weighted by molar-refractivity contribution is 7.99. The summed E-state index contributed by atoms with van der Waals surface area (Å²) in [6.45, 7) is 4.39. The van der Waals surface area contributed by atoms with Gasteiger partial charge in [-0.2, -0.15) is 11.8 Å². The second-order valence-electron chi connectivity index (χ2n) is 2.71. The third-order valence-corrected chi connectivity index (χ3v) is 3.99. The summed E-state index contributed by atoms with van der Waals surface area (Å²) in [7, 11) is -3.00. The van der Waals surface area contributed by atoms with Crippen molar-refractivity contribution in [3.8, 4) is 0 Å². The van der Waals surface area contributed by atoms with Crippen molar-refractivity contribution >= 4 is 21.8 Å². The predicted molar refractivity (Wildman–Crippen MR) is 55.1 cm³/mol. The van der Waals surface area contributed by atoms with Crippen LogP contribution in [0.4, 0.5) is 0 Å². The number of rotatable bonds is 6. The van der Waals surface area contributed by atoms with Gasteiger partial charge in [0, 0.05) is 11.8 Å². The molecule has 0 amide bonds. The molecule has 0 aliphatic heterocycles. The van der Waals surface area contributed by atoms with Crippen molar-refractivity contribution in [2.45, 2.75) is 25.5 Å². The summed E-state index contributed by atoms with van der Waals surface area (Å²) in [5, 5.41) is 0.344. The molecule has 0 bridgehead atoms. The Balaban J connectivity index is 3.76. The number of hydrogen-bond donors (Lipinski definition) is 1. The van der Waals surface area contributed by atoms with E-state index in [-0.39, 0.29) is 5.75 Å². The molecule has 1 atom stereocenters. The molecule has 3 nitrogen and oxygen atoms in total. The van der Waals surface area contributed by atoms with E-state index in [0.717, 1.165) is 0 Å². The van der Waals surface area contributed by atoms with Gasteiger partial charge < -0.3 is 0 Å². The van der Waals surface area contributed by atoms with Crippen molar-refractivity contribution in [1.82, 2.24) is 4.72 Å². The minimum atomic E-state index is -3.00. The van der Waals surface area contributed by atoms with Crippen LogP contribution in [0.15, 0.2) is 0 Å². The maximum absolute atomic E-state index is 11.1. The van der Waals surface area contributed by atoms with Gasteiger partial charge in [0.15, 0.2) is 0 Å². The third-order valence-electron chi connectivity index (χ3n) is 1.47. The van der Waals surface area contributed by atoms with Gasteiger partial charge in [0.2, 0.25) is 10.0 Å². The van der Waals surface area contributed by atoms with Gasteiger partial charge in [-0.05, 0) is 12.7 Å². The number of hydrogen-bond acceptors (Lipinski definition) is 3. The molecule has 0 saturated heterocycles. The lowest BCUT2D eigenvalue weighted by molar-refractivity contribution is 0.580. The monoisotopic (exact) mass is 211 g/mol. The first-order valence-electron chi connectivity index (χ1n) is 4.02. The first-order chi connectivity index (χ1) is 5.52. The highest BCUT2D eigenvalue weighted by atomic mass is 32.2. The van der Waals surface area contributed by atoms with E-state index in [0.29, 0.717) is 18.2 Å². The maximum Gasteiger partial charge on any atom is 0.211 e. The molecule has 0 aromatic rings. The van der Waals surface area contributed by atoms with Crippen LogP contribution in [0, 0.1) is 0 Å². The van der Waals surface area contributed by atoms with Crippen LogP contribution < -0.4 is 4.72 Å². The van der Waals surface area contributed by atoms with E-state index in [1.165, 1.54) is 0 Å². The summed E-state index contributed by atoms with van der Waals surface area (Å²) in [5.74, 6) is 0.230. The van der Waals surface area contributed by atoms with Crippen molar-refractivity contribution < 1.29 is 8.42 Å². The summed E-state index contributed by atoms with van der Waals surface area (Å²) in [6.07, 6.45) is 2.64. The number of thioether (sulfide) groups is 1. The van der Waals surface area contributed by atoms with E-state index < -0.39 is 10.0 Å². The third kappa shape index (κ3) is 5.85. The Hall–Kier alpha value is 0.260. The Kier molecular flexibility index (Phi) is 5.96. The minimum absolute atomic E-state index is 0.230. The number of nitrogens with one attached hydrogen (secondary N) is 1. The molecule has 1 unspecified atom stereocenters. The largest absolute Gasteiger partial charge is 0.214 e. The minimum Gasteiger partial charge on any atom is -0.214 e. The second kappa shape index (κ2) is 5.83. The topological polar surface area (TPSA) is 46.2 Å². The normalized spacial score (nSPS) is 14.6. The van der Waals surface area contributed by atoms with Gasteiger partial charge in [-0.3, -0.25) is 0 Å². The first-order valence-corrected chi connectivity index (χ1v) is 6.96. The zero-order chi connectivity index (χ0) is 9.61. The fourth-order valence-corrected chi connectivity index (χ4v) is 2.21. The van der Waals surface area contributed by atoms with E-state index in [9.17, 15) is 8.42 Å². The van der Waals surface area contributed by atoms with Crippen LogP contribution in [-0.2, 0) is 10.0 Å². The molecule has 0 aromatic heterocycles. The maximum atomic E-state index is 11.1. The van der Waals surface area contributed by atoms with Crippen molar-refractivity contribution in [3.05, 3.63) is 0 Å². The van der Waals surface area contributed by atoms with Gasteiger partial charge >= 0.3 is 0 Å². The Labute approximate surface area is 79.4 Å². The van der Waals surface area contributed by atoms with E-state index in [2.05, 4.69) is 4.72 Å². The van der Waals surface area contributed by atoms with Gasteiger partial charge in [-0.25, -0.2) is 13.1 Å². The molecule has 0 saturated carbocycles. The van der Waals surface area contributed by atoms with Crippen LogP contribution in [0.2, 0.25) is 0 Å². The molecule has 0 aliphatic carbocycles. The SMILES string of the molecule is CCCS(=O)(=O)NCC(C)SC. The van der Waals surface area contributed by atoms with Gasteiger partial charge in [-0.15, -0.1) is 0 Å². The molecule has 0 aliphatic rings. The fourth-order valence-electron chi connectivity index (χ4n) is 0.669. The highest BCUT2D eigenvalue weighted by Gasteiger charge is 2.09. The van der Waals surface area contributed by atoms with Gasteiger partial charge in [-0.1, -0.05) is 13.8 Å². The molecular formula is C7H17NO2S2. The summed E-state index contributed by atoms with van der Waals surface area (Å²) in [6, 6.07) is 0. The summed E-state index contributed by atoms with van der Waals surface area (Å²) >= 11 is 1.66. The second-order valence-corrected chi connectivity index (χ2v) is 5.92. The lowest BCUT2D eigenvalue weighted by atomic mass is 10.5. The van der Waals surface area contributed by atoms with Crippen molar-refractivity contribution in [2.75, 3.05) is 18.6 Å². The zero-order valence-electron chi connectivity index (χ0n) is 7.83. The van der Waals surface area contributed by atoms with Crippen LogP contribution in [0.3, 0.4) is 0 Å². The van der Waals surface area contributed by atoms with Crippen LogP contribution in [0.5, 0.6) is 0 Å². The van der Waals surface area contributed by atoms with Crippen molar-refractivity contribution in [2.24, 2.45) is 0 Å². The molecular weight excluding hydrogens is 194 g/mol. The van der Waals surface area contributed by atoms with Gasteiger partial charge in [0.05, 0.1) is 5.75 Å². The van der Waals surface area contributed by atoms with E-state index >= 15 is 0 Å². The predicted octanol–water partition coefficient (Wildman–Crippen LogP) is 1.07. The van der Waals surface area contributed by atoms with E-state index in [1.807, 2.05) is 20.1 Å². The lowest BCUT2D eigenvalue weighted by Crippen LogP contribution is -2.31. The van der Waals surface area contributed by atoms with Crippen LogP contribution in [0.25, 0.3) is 0 Å². The van der Waals surface area contributed by atoms with Crippen molar-refractivity contribution in [1.29, 1.82) is 0 Å². The molecule has 0 aromatic carbocycles. The number of sulfonamides is 1. The first kappa shape index (κ1) is 12.3. The average molecular weight is 211 g/mol. The average Bonchev–Trinajstić information content (AvgIpc) is 2.00. The van der Waals surface area contributed by atoms with Gasteiger partial charge in [0.25, 0.3) is 0 Å². The smallest absolute Gasteiger partial charge is 0.211 e. The Bertz CT molecular complexity index is 201. The highest BCUT2D eigenvalue weighted by Crippen LogP contribution is 2.03. The molecule has 0 spiro atoms. The summed E-state index contributed by atoms with van der Waals surface area (Å²) in [5.41, 5.74) is 0. The molecule has 1 N–H and O–H groups in total. The molecule has 0 heterocycles. The summed E-state index contributed by atoms with van der Waals surface area (Å²) in [4.78, 5) is 0. The molecule has 74 valence electrons. The van der Waals surface area contributed by atoms with Crippen LogP contribution in [0.1, 0.15) is 20.3 Å².